The van der Waals surface area contributed by atoms with E-state index in [0.29, 0.717) is 29.2 Å². The van der Waals surface area contributed by atoms with Gasteiger partial charge < -0.3 is 15.4 Å². The zero-order chi connectivity index (χ0) is 23.2. The maximum atomic E-state index is 13.2. The topological polar surface area (TPSA) is 85.2 Å². The van der Waals surface area contributed by atoms with Gasteiger partial charge in [-0.1, -0.05) is 50.2 Å². The van der Waals surface area contributed by atoms with Gasteiger partial charge in [0.05, 0.1) is 13.3 Å². The lowest BCUT2D eigenvalue weighted by Crippen LogP contribution is -2.36. The SMILES string of the molecule is COc1cccc(NC(=O)c2cnn3c2NC2=C(C(=O)CC(C)(C)C2)[C@H]3c2ccccc2)c1. The number of allylic oxidation sites excluding steroid dienone is 2. The highest BCUT2D eigenvalue weighted by Gasteiger charge is 2.42. The van der Waals surface area contributed by atoms with Gasteiger partial charge >= 0.3 is 0 Å². The Morgan fingerprint density at radius 2 is 1.94 bits per heavy atom. The molecule has 168 valence electrons. The maximum absolute atomic E-state index is 13.2. The first-order valence-corrected chi connectivity index (χ1v) is 11.0. The summed E-state index contributed by atoms with van der Waals surface area (Å²) in [6.07, 6.45) is 2.76. The van der Waals surface area contributed by atoms with Crippen molar-refractivity contribution >= 4 is 23.2 Å². The zero-order valence-electron chi connectivity index (χ0n) is 18.9. The van der Waals surface area contributed by atoms with Crippen LogP contribution in [0.25, 0.3) is 0 Å². The molecular formula is C26H26N4O3. The monoisotopic (exact) mass is 442 g/mol. The van der Waals surface area contributed by atoms with Gasteiger partial charge in [-0.3, -0.25) is 9.59 Å². The lowest BCUT2D eigenvalue weighted by Gasteiger charge is -2.39. The first kappa shape index (κ1) is 21.0. The van der Waals surface area contributed by atoms with Crippen molar-refractivity contribution < 1.29 is 14.3 Å². The van der Waals surface area contributed by atoms with Crippen LogP contribution in [0, 0.1) is 5.41 Å². The summed E-state index contributed by atoms with van der Waals surface area (Å²) in [5.41, 5.74) is 3.45. The van der Waals surface area contributed by atoms with Crippen molar-refractivity contribution in [2.24, 2.45) is 5.41 Å². The van der Waals surface area contributed by atoms with Gasteiger partial charge in [-0.25, -0.2) is 4.68 Å². The first-order chi connectivity index (χ1) is 15.9. The Balaban J connectivity index is 1.57. The molecular weight excluding hydrogens is 416 g/mol. The van der Waals surface area contributed by atoms with E-state index >= 15 is 0 Å². The number of ketones is 1. The van der Waals surface area contributed by atoms with E-state index in [1.165, 1.54) is 0 Å². The number of carbonyl (C=O) groups excluding carboxylic acids is 2. The van der Waals surface area contributed by atoms with Crippen molar-refractivity contribution in [2.45, 2.75) is 32.7 Å². The molecule has 1 aliphatic heterocycles. The molecule has 5 rings (SSSR count). The molecule has 3 aromatic rings. The summed E-state index contributed by atoms with van der Waals surface area (Å²) in [6, 6.07) is 16.7. The molecule has 0 bridgehead atoms. The van der Waals surface area contributed by atoms with Gasteiger partial charge in [0, 0.05) is 29.4 Å². The Kier molecular flexibility index (Phi) is 5.04. The quantitative estimate of drug-likeness (QED) is 0.606. The van der Waals surface area contributed by atoms with E-state index in [1.54, 1.807) is 30.1 Å². The van der Waals surface area contributed by atoms with E-state index in [1.807, 2.05) is 42.5 Å². The summed E-state index contributed by atoms with van der Waals surface area (Å²) >= 11 is 0. The molecule has 0 fully saturated rings. The maximum Gasteiger partial charge on any atom is 0.261 e. The van der Waals surface area contributed by atoms with Crippen LogP contribution in [0.4, 0.5) is 11.5 Å². The fourth-order valence-corrected chi connectivity index (χ4v) is 4.72. The third kappa shape index (κ3) is 3.80. The largest absolute Gasteiger partial charge is 0.497 e. The highest BCUT2D eigenvalue weighted by Crippen LogP contribution is 2.46. The predicted octanol–water partition coefficient (Wildman–Crippen LogP) is 4.80. The van der Waals surface area contributed by atoms with Crippen molar-refractivity contribution in [3.05, 3.63) is 83.2 Å². The Bertz CT molecular complexity index is 1270. The molecule has 1 amide bonds. The summed E-state index contributed by atoms with van der Waals surface area (Å²) in [5, 5.41) is 10.9. The fourth-order valence-electron chi connectivity index (χ4n) is 4.72. The minimum Gasteiger partial charge on any atom is -0.497 e. The van der Waals surface area contributed by atoms with Gasteiger partial charge in [0.1, 0.15) is 23.2 Å². The number of methoxy groups -OCH3 is 1. The van der Waals surface area contributed by atoms with Crippen LogP contribution in [-0.4, -0.2) is 28.6 Å². The highest BCUT2D eigenvalue weighted by atomic mass is 16.5. The molecule has 7 heteroatoms. The van der Waals surface area contributed by atoms with Crippen molar-refractivity contribution in [1.29, 1.82) is 0 Å². The zero-order valence-corrected chi connectivity index (χ0v) is 18.9. The number of nitrogens with one attached hydrogen (secondary N) is 2. The van der Waals surface area contributed by atoms with Crippen molar-refractivity contribution in [1.82, 2.24) is 9.78 Å². The number of benzene rings is 2. The van der Waals surface area contributed by atoms with Crippen LogP contribution in [0.5, 0.6) is 5.75 Å². The molecule has 0 radical (unpaired) electrons. The third-order valence-electron chi connectivity index (χ3n) is 6.19. The van der Waals surface area contributed by atoms with Crippen LogP contribution in [0.3, 0.4) is 0 Å². The summed E-state index contributed by atoms with van der Waals surface area (Å²) in [4.78, 5) is 26.5. The average molecular weight is 443 g/mol. The smallest absolute Gasteiger partial charge is 0.261 e. The van der Waals surface area contributed by atoms with E-state index in [4.69, 9.17) is 4.74 Å². The van der Waals surface area contributed by atoms with Gasteiger partial charge in [-0.15, -0.1) is 0 Å². The predicted molar refractivity (Wildman–Crippen MR) is 126 cm³/mol. The lowest BCUT2D eigenvalue weighted by molar-refractivity contribution is -0.118. The van der Waals surface area contributed by atoms with E-state index < -0.39 is 0 Å². The number of aromatic nitrogens is 2. The van der Waals surface area contributed by atoms with Crippen LogP contribution in [0.15, 0.2) is 72.1 Å². The van der Waals surface area contributed by atoms with Crippen molar-refractivity contribution in [3.8, 4) is 5.75 Å². The molecule has 1 aliphatic carbocycles. The number of nitrogens with zero attached hydrogens (tertiary/aromatic N) is 2. The molecule has 2 aromatic carbocycles. The van der Waals surface area contributed by atoms with Crippen LogP contribution in [0.1, 0.15) is 48.7 Å². The Morgan fingerprint density at radius 1 is 1.15 bits per heavy atom. The molecule has 7 nitrogen and oxygen atoms in total. The Labute approximate surface area is 192 Å². The number of rotatable bonds is 4. The van der Waals surface area contributed by atoms with Crippen LogP contribution >= 0.6 is 0 Å². The lowest BCUT2D eigenvalue weighted by atomic mass is 9.73. The Hall–Kier alpha value is -3.87. The second-order valence-electron chi connectivity index (χ2n) is 9.31. The Morgan fingerprint density at radius 3 is 2.70 bits per heavy atom. The number of Topliss-reactive ketones (excluding diaryl/α,β-unsaturated/α-hetero) is 1. The molecule has 33 heavy (non-hydrogen) atoms. The number of anilines is 2. The van der Waals surface area contributed by atoms with Crippen molar-refractivity contribution in [3.63, 3.8) is 0 Å². The second-order valence-corrected chi connectivity index (χ2v) is 9.31. The molecule has 1 atom stereocenters. The number of amides is 1. The van der Waals surface area contributed by atoms with E-state index in [2.05, 4.69) is 29.6 Å². The summed E-state index contributed by atoms with van der Waals surface area (Å²) in [7, 11) is 1.58. The molecule has 2 N–H and O–H groups in total. The molecule has 2 heterocycles. The van der Waals surface area contributed by atoms with Crippen LogP contribution < -0.4 is 15.4 Å². The standard InChI is InChI=1S/C26H26N4O3/c1-26(2)13-20-22(21(31)14-26)23(16-8-5-4-6-9-16)30-24(29-20)19(15-27-30)25(32)28-17-10-7-11-18(12-17)33-3/h4-12,15,23,29H,13-14H2,1-3H3,(H,28,32)/t23-/m1/s1. The van der Waals surface area contributed by atoms with Gasteiger partial charge in [0.2, 0.25) is 0 Å². The fraction of sp³-hybridized carbons (Fsp3) is 0.269. The third-order valence-corrected chi connectivity index (χ3v) is 6.19. The van der Waals surface area contributed by atoms with E-state index in [0.717, 1.165) is 23.3 Å². The summed E-state index contributed by atoms with van der Waals surface area (Å²) in [5.74, 6) is 1.08. The molecule has 2 aliphatic rings. The average Bonchev–Trinajstić information content (AvgIpc) is 3.21. The van der Waals surface area contributed by atoms with Crippen LogP contribution in [-0.2, 0) is 4.79 Å². The van der Waals surface area contributed by atoms with Gasteiger partial charge in [0.25, 0.3) is 5.91 Å². The van der Waals surface area contributed by atoms with E-state index in [-0.39, 0.29) is 23.1 Å². The van der Waals surface area contributed by atoms with Gasteiger partial charge in [-0.2, -0.15) is 5.10 Å². The molecule has 0 saturated carbocycles. The highest BCUT2D eigenvalue weighted by molar-refractivity contribution is 6.08. The van der Waals surface area contributed by atoms with Crippen LogP contribution in [0.2, 0.25) is 0 Å². The number of carbonyl (C=O) groups is 2. The first-order valence-electron chi connectivity index (χ1n) is 11.0. The minimum atomic E-state index is -0.376. The van der Waals surface area contributed by atoms with Gasteiger partial charge in [0.15, 0.2) is 5.78 Å². The molecule has 0 spiro atoms. The number of hydrogen-bond acceptors (Lipinski definition) is 5. The molecule has 0 unspecified atom stereocenters. The molecule has 1 aromatic heterocycles. The summed E-state index contributed by atoms with van der Waals surface area (Å²) < 4.78 is 7.01. The number of hydrogen-bond donors (Lipinski definition) is 2. The number of ether oxygens (including phenoxy) is 1. The minimum absolute atomic E-state index is 0.117. The van der Waals surface area contributed by atoms with E-state index in [9.17, 15) is 9.59 Å². The van der Waals surface area contributed by atoms with Gasteiger partial charge in [-0.05, 0) is 29.5 Å². The number of fused-ring (bicyclic) bond motifs is 1. The van der Waals surface area contributed by atoms with Crippen molar-refractivity contribution in [2.75, 3.05) is 17.7 Å². The normalized spacial score (nSPS) is 18.8. The summed E-state index contributed by atoms with van der Waals surface area (Å²) in [6.45, 7) is 4.19. The molecule has 0 saturated heterocycles. The second kappa shape index (κ2) is 7.92.